The zero-order valence-corrected chi connectivity index (χ0v) is 12.6. The van der Waals surface area contributed by atoms with Gasteiger partial charge in [0.05, 0.1) is 4.75 Å². The highest BCUT2D eigenvalue weighted by molar-refractivity contribution is 8.01. The molecular weight excluding hydrogens is 262 g/mol. The second kappa shape index (κ2) is 5.35. The van der Waals surface area contributed by atoms with E-state index in [0.29, 0.717) is 19.4 Å². The summed E-state index contributed by atoms with van der Waals surface area (Å²) in [5, 5.41) is 9.64. The summed E-state index contributed by atoms with van der Waals surface area (Å²) in [4.78, 5) is 26.2. The average Bonchev–Trinajstić information content (AvgIpc) is 2.97. The third-order valence-electron chi connectivity index (χ3n) is 4.47. The van der Waals surface area contributed by atoms with Crippen LogP contribution in [-0.4, -0.2) is 44.5 Å². The predicted molar refractivity (Wildman–Crippen MR) is 76.3 cm³/mol. The smallest absolute Gasteiger partial charge is 0.329 e. The molecule has 2 atom stereocenters. The number of hydrogen-bond acceptors (Lipinski definition) is 3. The van der Waals surface area contributed by atoms with E-state index < -0.39 is 16.3 Å². The Bertz CT molecular complexity index is 379. The quantitative estimate of drug-likeness (QED) is 0.862. The lowest BCUT2D eigenvalue weighted by atomic mass is 9.89. The standard InChI is InChI=1S/C14H23NO3S/c1-3-6-14(12(17)18)8-4-9-15(14)11(16)13(2)7-5-10-19-13/h3-10H2,1-2H3,(H,17,18). The number of carboxylic acid groups (broad SMARTS) is 1. The van der Waals surface area contributed by atoms with E-state index in [0.717, 1.165) is 31.4 Å². The third-order valence-corrected chi connectivity index (χ3v) is 5.98. The molecule has 4 nitrogen and oxygen atoms in total. The fraction of sp³-hybridized carbons (Fsp3) is 0.857. The Morgan fingerprint density at radius 2 is 2.05 bits per heavy atom. The lowest BCUT2D eigenvalue weighted by Gasteiger charge is -2.39. The lowest BCUT2D eigenvalue weighted by molar-refractivity contribution is -0.158. The molecule has 2 fully saturated rings. The summed E-state index contributed by atoms with van der Waals surface area (Å²) in [5.41, 5.74) is -0.946. The number of nitrogens with zero attached hydrogens (tertiary/aromatic N) is 1. The van der Waals surface area contributed by atoms with Crippen LogP contribution in [0.3, 0.4) is 0 Å². The number of likely N-dealkylation sites (tertiary alicyclic amines) is 1. The van der Waals surface area contributed by atoms with Crippen LogP contribution < -0.4 is 0 Å². The fourth-order valence-electron chi connectivity index (χ4n) is 3.41. The molecule has 1 N–H and O–H groups in total. The van der Waals surface area contributed by atoms with Crippen LogP contribution in [0.15, 0.2) is 0 Å². The molecule has 2 unspecified atom stereocenters. The molecule has 2 rings (SSSR count). The van der Waals surface area contributed by atoms with Crippen molar-refractivity contribution in [3.63, 3.8) is 0 Å². The molecule has 108 valence electrons. The Morgan fingerprint density at radius 1 is 1.32 bits per heavy atom. The summed E-state index contributed by atoms with van der Waals surface area (Å²) >= 11 is 1.69. The Hall–Kier alpha value is -0.710. The van der Waals surface area contributed by atoms with Crippen molar-refractivity contribution in [3.05, 3.63) is 0 Å². The largest absolute Gasteiger partial charge is 0.479 e. The molecule has 5 heteroatoms. The van der Waals surface area contributed by atoms with Crippen molar-refractivity contribution < 1.29 is 14.7 Å². The molecule has 19 heavy (non-hydrogen) atoms. The first kappa shape index (κ1) is 14.7. The third kappa shape index (κ3) is 2.37. The number of aliphatic carboxylic acids is 1. The van der Waals surface area contributed by atoms with Crippen molar-refractivity contribution in [2.45, 2.75) is 62.7 Å². The second-order valence-corrected chi connectivity index (χ2v) is 7.43. The number of hydrogen-bond donors (Lipinski definition) is 1. The first-order chi connectivity index (χ1) is 8.96. The van der Waals surface area contributed by atoms with E-state index in [1.165, 1.54) is 0 Å². The number of carbonyl (C=O) groups is 2. The van der Waals surface area contributed by atoms with Gasteiger partial charge in [0.2, 0.25) is 5.91 Å². The van der Waals surface area contributed by atoms with Crippen LogP contribution in [0.5, 0.6) is 0 Å². The molecule has 0 bridgehead atoms. The first-order valence-electron chi connectivity index (χ1n) is 7.16. The Morgan fingerprint density at radius 3 is 2.58 bits per heavy atom. The number of carboxylic acids is 1. The summed E-state index contributed by atoms with van der Waals surface area (Å²) in [7, 11) is 0. The molecular formula is C14H23NO3S. The van der Waals surface area contributed by atoms with Gasteiger partial charge >= 0.3 is 5.97 Å². The molecule has 0 radical (unpaired) electrons. The SMILES string of the molecule is CCCC1(C(=O)O)CCCN1C(=O)C1(C)CCCS1. The van der Waals surface area contributed by atoms with Crippen molar-refractivity contribution in [1.82, 2.24) is 4.90 Å². The van der Waals surface area contributed by atoms with Gasteiger partial charge < -0.3 is 10.0 Å². The topological polar surface area (TPSA) is 57.6 Å². The maximum absolute atomic E-state index is 12.8. The van der Waals surface area contributed by atoms with Gasteiger partial charge in [0, 0.05) is 6.54 Å². The molecule has 0 aliphatic carbocycles. The van der Waals surface area contributed by atoms with E-state index >= 15 is 0 Å². The van der Waals surface area contributed by atoms with Crippen LogP contribution >= 0.6 is 11.8 Å². The van der Waals surface area contributed by atoms with Gasteiger partial charge in [-0.25, -0.2) is 4.79 Å². The van der Waals surface area contributed by atoms with Gasteiger partial charge in [-0.15, -0.1) is 11.8 Å². The minimum atomic E-state index is -0.946. The maximum atomic E-state index is 12.8. The van der Waals surface area contributed by atoms with Crippen molar-refractivity contribution >= 4 is 23.6 Å². The minimum Gasteiger partial charge on any atom is -0.479 e. The highest BCUT2D eigenvalue weighted by atomic mass is 32.2. The van der Waals surface area contributed by atoms with Gasteiger partial charge in [0.25, 0.3) is 0 Å². The molecule has 2 heterocycles. The Labute approximate surface area is 118 Å². The molecule has 1 amide bonds. The highest BCUT2D eigenvalue weighted by Gasteiger charge is 2.53. The number of carbonyl (C=O) groups excluding carboxylic acids is 1. The van der Waals surface area contributed by atoms with Gasteiger partial charge in [-0.1, -0.05) is 13.3 Å². The fourth-order valence-corrected chi connectivity index (χ4v) is 4.67. The van der Waals surface area contributed by atoms with Gasteiger partial charge in [0.1, 0.15) is 5.54 Å². The number of amides is 1. The molecule has 2 aliphatic rings. The maximum Gasteiger partial charge on any atom is 0.329 e. The monoisotopic (exact) mass is 285 g/mol. The van der Waals surface area contributed by atoms with Crippen molar-refractivity contribution in [2.24, 2.45) is 0 Å². The van der Waals surface area contributed by atoms with Crippen LogP contribution in [0.4, 0.5) is 0 Å². The van der Waals surface area contributed by atoms with E-state index in [1.54, 1.807) is 16.7 Å². The van der Waals surface area contributed by atoms with E-state index in [2.05, 4.69) is 0 Å². The zero-order valence-electron chi connectivity index (χ0n) is 11.8. The highest BCUT2D eigenvalue weighted by Crippen LogP contribution is 2.43. The van der Waals surface area contributed by atoms with Crippen LogP contribution in [0, 0.1) is 0 Å². The summed E-state index contributed by atoms with van der Waals surface area (Å²) in [6.45, 7) is 4.56. The average molecular weight is 285 g/mol. The van der Waals surface area contributed by atoms with Gasteiger partial charge in [-0.2, -0.15) is 0 Å². The molecule has 2 saturated heterocycles. The van der Waals surface area contributed by atoms with E-state index in [4.69, 9.17) is 0 Å². The van der Waals surface area contributed by atoms with Crippen LogP contribution in [0.1, 0.15) is 52.4 Å². The number of thioether (sulfide) groups is 1. The van der Waals surface area contributed by atoms with Gasteiger partial charge in [-0.3, -0.25) is 4.79 Å². The van der Waals surface area contributed by atoms with E-state index in [1.807, 2.05) is 13.8 Å². The minimum absolute atomic E-state index is 0.0448. The van der Waals surface area contributed by atoms with Crippen molar-refractivity contribution in [2.75, 3.05) is 12.3 Å². The Kier molecular flexibility index (Phi) is 4.14. The Balaban J connectivity index is 2.26. The van der Waals surface area contributed by atoms with Gasteiger partial charge in [-0.05, 0) is 44.8 Å². The van der Waals surface area contributed by atoms with Crippen LogP contribution in [-0.2, 0) is 9.59 Å². The normalized spacial score (nSPS) is 34.7. The molecule has 0 aromatic heterocycles. The summed E-state index contributed by atoms with van der Waals surface area (Å²) in [6, 6.07) is 0. The van der Waals surface area contributed by atoms with Crippen LogP contribution in [0.25, 0.3) is 0 Å². The molecule has 0 spiro atoms. The zero-order chi connectivity index (χ0) is 14.1. The molecule has 2 aliphatic heterocycles. The molecule has 0 aromatic rings. The van der Waals surface area contributed by atoms with Gasteiger partial charge in [0.15, 0.2) is 0 Å². The molecule has 0 aromatic carbocycles. The molecule has 0 saturated carbocycles. The van der Waals surface area contributed by atoms with E-state index in [9.17, 15) is 14.7 Å². The summed E-state index contributed by atoms with van der Waals surface area (Å²) in [6.07, 6.45) is 4.68. The predicted octanol–water partition coefficient (Wildman–Crippen LogP) is 2.52. The summed E-state index contributed by atoms with van der Waals surface area (Å²) < 4.78 is -0.404. The van der Waals surface area contributed by atoms with E-state index in [-0.39, 0.29) is 5.91 Å². The summed E-state index contributed by atoms with van der Waals surface area (Å²) in [5.74, 6) is 0.222. The van der Waals surface area contributed by atoms with Crippen molar-refractivity contribution in [3.8, 4) is 0 Å². The second-order valence-electron chi connectivity index (χ2n) is 5.83. The van der Waals surface area contributed by atoms with Crippen molar-refractivity contribution in [1.29, 1.82) is 0 Å². The lowest BCUT2D eigenvalue weighted by Crippen LogP contribution is -2.57. The number of rotatable bonds is 4. The first-order valence-corrected chi connectivity index (χ1v) is 8.14. The van der Waals surface area contributed by atoms with Crippen LogP contribution in [0.2, 0.25) is 0 Å².